The van der Waals surface area contributed by atoms with Gasteiger partial charge >= 0.3 is 0 Å². The standard InChI is InChI=1S/C18H17BrFN3O2/c1-12(13-2-4-14(19)5-3-13)22-23-18(25)11-10-17(24)21-16-8-6-15(20)7-9-16/h2-9,22H,1,10-11H2,(H,21,24)(H,23,25). The van der Waals surface area contributed by atoms with Crippen molar-refractivity contribution in [3.05, 3.63) is 71.0 Å². The lowest BCUT2D eigenvalue weighted by atomic mass is 10.2. The van der Waals surface area contributed by atoms with Crippen molar-refractivity contribution in [3.8, 4) is 0 Å². The van der Waals surface area contributed by atoms with Crippen LogP contribution in [0.5, 0.6) is 0 Å². The van der Waals surface area contributed by atoms with Crippen LogP contribution in [0, 0.1) is 5.82 Å². The maximum Gasteiger partial charge on any atom is 0.238 e. The van der Waals surface area contributed by atoms with Crippen molar-refractivity contribution in [1.82, 2.24) is 10.9 Å². The van der Waals surface area contributed by atoms with Gasteiger partial charge in [0.2, 0.25) is 11.8 Å². The first-order valence-electron chi connectivity index (χ1n) is 7.49. The van der Waals surface area contributed by atoms with Gasteiger partial charge in [0.1, 0.15) is 5.82 Å². The zero-order valence-corrected chi connectivity index (χ0v) is 14.9. The molecule has 25 heavy (non-hydrogen) atoms. The highest BCUT2D eigenvalue weighted by Crippen LogP contribution is 2.14. The van der Waals surface area contributed by atoms with Crippen LogP contribution < -0.4 is 16.2 Å². The number of amides is 2. The van der Waals surface area contributed by atoms with Gasteiger partial charge in [-0.2, -0.15) is 0 Å². The molecular formula is C18H17BrFN3O2. The van der Waals surface area contributed by atoms with Crippen LogP contribution in [-0.2, 0) is 9.59 Å². The molecular weight excluding hydrogens is 389 g/mol. The smallest absolute Gasteiger partial charge is 0.238 e. The molecule has 0 atom stereocenters. The Labute approximate surface area is 153 Å². The van der Waals surface area contributed by atoms with Crippen LogP contribution in [0.2, 0.25) is 0 Å². The summed E-state index contributed by atoms with van der Waals surface area (Å²) in [6, 6.07) is 12.8. The molecule has 0 spiro atoms. The normalized spacial score (nSPS) is 10.0. The van der Waals surface area contributed by atoms with Gasteiger partial charge in [0, 0.05) is 23.0 Å². The topological polar surface area (TPSA) is 70.2 Å². The number of carbonyl (C=O) groups is 2. The Bertz CT molecular complexity index is 761. The number of hydrogen-bond acceptors (Lipinski definition) is 3. The van der Waals surface area contributed by atoms with Crippen molar-refractivity contribution in [2.24, 2.45) is 0 Å². The lowest BCUT2D eigenvalue weighted by Gasteiger charge is -2.11. The zero-order chi connectivity index (χ0) is 18.2. The third-order valence-electron chi connectivity index (χ3n) is 3.25. The van der Waals surface area contributed by atoms with Crippen LogP contribution in [0.25, 0.3) is 5.70 Å². The SMILES string of the molecule is C=C(NNC(=O)CCC(=O)Nc1ccc(F)cc1)c1ccc(Br)cc1. The lowest BCUT2D eigenvalue weighted by molar-refractivity contribution is -0.124. The zero-order valence-electron chi connectivity index (χ0n) is 13.3. The predicted octanol–water partition coefficient (Wildman–Crippen LogP) is 3.60. The summed E-state index contributed by atoms with van der Waals surface area (Å²) in [4.78, 5) is 23.5. The summed E-state index contributed by atoms with van der Waals surface area (Å²) < 4.78 is 13.7. The number of carbonyl (C=O) groups excluding carboxylic acids is 2. The van der Waals surface area contributed by atoms with Gasteiger partial charge in [0.05, 0.1) is 5.70 Å². The number of nitrogens with one attached hydrogen (secondary N) is 3. The monoisotopic (exact) mass is 405 g/mol. The maximum atomic E-state index is 12.8. The van der Waals surface area contributed by atoms with Crippen LogP contribution >= 0.6 is 15.9 Å². The van der Waals surface area contributed by atoms with Crippen LogP contribution in [-0.4, -0.2) is 11.8 Å². The maximum absolute atomic E-state index is 12.8. The molecule has 0 aliphatic carbocycles. The van der Waals surface area contributed by atoms with E-state index in [0.29, 0.717) is 11.4 Å². The molecule has 0 bridgehead atoms. The molecule has 0 unspecified atom stereocenters. The first-order chi connectivity index (χ1) is 11.9. The highest BCUT2D eigenvalue weighted by molar-refractivity contribution is 9.10. The van der Waals surface area contributed by atoms with Crippen molar-refractivity contribution in [3.63, 3.8) is 0 Å². The molecule has 2 amide bonds. The van der Waals surface area contributed by atoms with E-state index in [2.05, 4.69) is 38.7 Å². The third kappa shape index (κ3) is 6.39. The summed E-state index contributed by atoms with van der Waals surface area (Å²) in [6.45, 7) is 3.83. The van der Waals surface area contributed by atoms with E-state index in [0.717, 1.165) is 10.0 Å². The fourth-order valence-electron chi connectivity index (χ4n) is 1.91. The van der Waals surface area contributed by atoms with Gasteiger partial charge in [0.15, 0.2) is 0 Å². The fourth-order valence-corrected chi connectivity index (χ4v) is 2.18. The highest BCUT2D eigenvalue weighted by Gasteiger charge is 2.08. The van der Waals surface area contributed by atoms with Gasteiger partial charge in [-0.3, -0.25) is 20.4 Å². The molecule has 3 N–H and O–H groups in total. The van der Waals surface area contributed by atoms with Crippen molar-refractivity contribution in [2.45, 2.75) is 12.8 Å². The van der Waals surface area contributed by atoms with Crippen LogP contribution in [0.3, 0.4) is 0 Å². The molecule has 130 valence electrons. The molecule has 0 saturated heterocycles. The van der Waals surface area contributed by atoms with Gasteiger partial charge in [0.25, 0.3) is 0 Å². The van der Waals surface area contributed by atoms with E-state index in [1.54, 1.807) is 0 Å². The Morgan fingerprint density at radius 2 is 1.52 bits per heavy atom. The Hall–Kier alpha value is -2.67. The second-order valence-corrected chi connectivity index (χ2v) is 6.13. The number of halogens is 2. The van der Waals surface area contributed by atoms with Gasteiger partial charge in [-0.1, -0.05) is 34.6 Å². The summed E-state index contributed by atoms with van der Waals surface area (Å²) in [5.41, 5.74) is 7.06. The van der Waals surface area contributed by atoms with E-state index in [1.165, 1.54) is 24.3 Å². The second-order valence-electron chi connectivity index (χ2n) is 5.21. The van der Waals surface area contributed by atoms with Crippen LogP contribution in [0.15, 0.2) is 59.6 Å². The van der Waals surface area contributed by atoms with E-state index in [-0.39, 0.29) is 30.5 Å². The van der Waals surface area contributed by atoms with Crippen LogP contribution in [0.4, 0.5) is 10.1 Å². The summed E-state index contributed by atoms with van der Waals surface area (Å²) in [6.07, 6.45) is 0.0172. The number of hydrazine groups is 1. The van der Waals surface area contributed by atoms with Crippen molar-refractivity contribution < 1.29 is 14.0 Å². The average molecular weight is 406 g/mol. The minimum absolute atomic E-state index is 0.00759. The number of benzene rings is 2. The third-order valence-corrected chi connectivity index (χ3v) is 3.78. The average Bonchev–Trinajstić information content (AvgIpc) is 2.60. The Morgan fingerprint density at radius 1 is 0.920 bits per heavy atom. The fraction of sp³-hybridized carbons (Fsp3) is 0.111. The molecule has 0 fully saturated rings. The van der Waals surface area contributed by atoms with E-state index < -0.39 is 0 Å². The second kappa shape index (κ2) is 8.98. The molecule has 2 aromatic carbocycles. The molecule has 7 heteroatoms. The van der Waals surface area contributed by atoms with Gasteiger partial charge in [-0.05, 0) is 42.0 Å². The largest absolute Gasteiger partial charge is 0.326 e. The minimum atomic E-state index is -0.380. The molecule has 0 heterocycles. The quantitative estimate of drug-likeness (QED) is 0.616. The minimum Gasteiger partial charge on any atom is -0.326 e. The van der Waals surface area contributed by atoms with Gasteiger partial charge in [-0.25, -0.2) is 4.39 Å². The Kier molecular flexibility index (Phi) is 6.71. The summed E-state index contributed by atoms with van der Waals surface area (Å²) >= 11 is 3.34. The predicted molar refractivity (Wildman–Crippen MR) is 98.7 cm³/mol. The molecule has 2 aromatic rings. The number of hydrogen-bond donors (Lipinski definition) is 3. The number of anilines is 1. The first kappa shape index (κ1) is 18.7. The molecule has 2 rings (SSSR count). The molecule has 0 aromatic heterocycles. The van der Waals surface area contributed by atoms with E-state index >= 15 is 0 Å². The van der Waals surface area contributed by atoms with Gasteiger partial charge < -0.3 is 5.32 Å². The Balaban J connectivity index is 1.71. The first-order valence-corrected chi connectivity index (χ1v) is 8.28. The summed E-state index contributed by atoms with van der Waals surface area (Å²) in [5.74, 6) is -1.05. The number of rotatable bonds is 7. The lowest BCUT2D eigenvalue weighted by Crippen LogP contribution is -2.36. The summed E-state index contributed by atoms with van der Waals surface area (Å²) in [7, 11) is 0. The van der Waals surface area contributed by atoms with E-state index in [9.17, 15) is 14.0 Å². The van der Waals surface area contributed by atoms with E-state index in [1.807, 2.05) is 24.3 Å². The van der Waals surface area contributed by atoms with Crippen molar-refractivity contribution in [1.29, 1.82) is 0 Å². The Morgan fingerprint density at radius 3 is 2.16 bits per heavy atom. The van der Waals surface area contributed by atoms with E-state index in [4.69, 9.17) is 0 Å². The molecule has 0 radical (unpaired) electrons. The van der Waals surface area contributed by atoms with Crippen molar-refractivity contribution in [2.75, 3.05) is 5.32 Å². The molecule has 0 saturated carbocycles. The summed E-state index contributed by atoms with van der Waals surface area (Å²) in [5, 5.41) is 2.59. The van der Waals surface area contributed by atoms with Crippen molar-refractivity contribution >= 4 is 39.1 Å². The molecule has 5 nitrogen and oxygen atoms in total. The van der Waals surface area contributed by atoms with Crippen LogP contribution in [0.1, 0.15) is 18.4 Å². The molecule has 0 aliphatic rings. The van der Waals surface area contributed by atoms with Gasteiger partial charge in [-0.15, -0.1) is 0 Å². The highest BCUT2D eigenvalue weighted by atomic mass is 79.9. The molecule has 0 aliphatic heterocycles.